The molecule has 5 aromatic rings. The Balaban J connectivity index is 0.000000172. The van der Waals surface area contributed by atoms with E-state index in [2.05, 4.69) is 9.97 Å². The molecule has 0 unspecified atom stereocenters. The number of benzene rings is 3. The number of aromatic nitrogens is 2. The molecule has 0 aliphatic rings. The molecule has 33 heavy (non-hydrogen) atoms. The van der Waals surface area contributed by atoms with Crippen LogP contribution in [0.15, 0.2) is 122 Å². The van der Waals surface area contributed by atoms with Gasteiger partial charge in [0.1, 0.15) is 11.5 Å². The van der Waals surface area contributed by atoms with Crippen molar-refractivity contribution in [2.45, 2.75) is 0 Å². The largest absolute Gasteiger partial charge is 0.457 e. The molecule has 0 saturated carbocycles. The van der Waals surface area contributed by atoms with Crippen LogP contribution < -0.4 is 10.5 Å². The minimum absolute atomic E-state index is 0.718. The van der Waals surface area contributed by atoms with Crippen LogP contribution in [0.3, 0.4) is 0 Å². The molecule has 0 atom stereocenters. The fourth-order valence-corrected chi connectivity index (χ4v) is 3.39. The van der Waals surface area contributed by atoms with E-state index in [1.165, 1.54) is 0 Å². The van der Waals surface area contributed by atoms with Gasteiger partial charge in [-0.2, -0.15) is 0 Å². The number of hydrogen-bond donors (Lipinski definition) is 1. The number of pyridine rings is 2. The van der Waals surface area contributed by atoms with Crippen LogP contribution in [-0.4, -0.2) is 9.97 Å². The van der Waals surface area contributed by atoms with Gasteiger partial charge in [0, 0.05) is 41.6 Å². The van der Waals surface area contributed by atoms with Crippen molar-refractivity contribution in [3.05, 3.63) is 127 Å². The number of nitrogens with zero attached hydrogens (tertiary/aromatic N) is 2. The second-order valence-electron chi connectivity index (χ2n) is 7.13. The normalized spacial score (nSPS) is 10.1. The van der Waals surface area contributed by atoms with Crippen LogP contribution in [-0.2, 0) is 0 Å². The zero-order valence-corrected chi connectivity index (χ0v) is 18.6. The highest BCUT2D eigenvalue weighted by molar-refractivity contribution is 6.33. The van der Waals surface area contributed by atoms with E-state index in [-0.39, 0.29) is 0 Å². The molecule has 2 aromatic heterocycles. The standard InChI is InChI=1S/C17H14N2O.C11H8ClN/c18-14-6-8-15(9-7-14)20-17-10-11-19-12-16(17)13-4-2-1-3-5-13;12-11-6-7-13-8-10(11)9-4-2-1-3-5-9/h1-12H,18H2;1-8H. The number of rotatable bonds is 4. The van der Waals surface area contributed by atoms with Gasteiger partial charge in [-0.25, -0.2) is 0 Å². The van der Waals surface area contributed by atoms with Crippen molar-refractivity contribution in [2.24, 2.45) is 0 Å². The lowest BCUT2D eigenvalue weighted by Gasteiger charge is -2.11. The van der Waals surface area contributed by atoms with E-state index < -0.39 is 0 Å². The molecule has 0 saturated heterocycles. The first-order valence-corrected chi connectivity index (χ1v) is 10.8. The van der Waals surface area contributed by atoms with Crippen molar-refractivity contribution in [1.82, 2.24) is 9.97 Å². The van der Waals surface area contributed by atoms with Crippen LogP contribution in [0.2, 0.25) is 5.02 Å². The van der Waals surface area contributed by atoms with Crippen molar-refractivity contribution in [3.8, 4) is 33.8 Å². The van der Waals surface area contributed by atoms with Crippen LogP contribution in [0, 0.1) is 0 Å². The molecule has 0 aliphatic heterocycles. The Hall–Kier alpha value is -4.15. The number of ether oxygens (including phenoxy) is 1. The van der Waals surface area contributed by atoms with Gasteiger partial charge in [-0.05, 0) is 47.5 Å². The van der Waals surface area contributed by atoms with Gasteiger partial charge in [-0.15, -0.1) is 0 Å². The predicted octanol–water partition coefficient (Wildman–Crippen LogP) is 7.53. The summed E-state index contributed by atoms with van der Waals surface area (Å²) in [5.74, 6) is 1.53. The lowest BCUT2D eigenvalue weighted by atomic mass is 10.1. The van der Waals surface area contributed by atoms with E-state index in [0.717, 1.165) is 44.5 Å². The molecule has 162 valence electrons. The Morgan fingerprint density at radius 1 is 0.606 bits per heavy atom. The Bertz CT molecular complexity index is 1290. The zero-order chi connectivity index (χ0) is 22.9. The Kier molecular flexibility index (Phi) is 7.31. The molecule has 0 bridgehead atoms. The predicted molar refractivity (Wildman–Crippen MR) is 135 cm³/mol. The Labute approximate surface area is 198 Å². The van der Waals surface area contributed by atoms with E-state index in [1.54, 1.807) is 24.7 Å². The topological polar surface area (TPSA) is 61.0 Å². The first kappa shape index (κ1) is 22.1. The Morgan fingerprint density at radius 2 is 1.15 bits per heavy atom. The van der Waals surface area contributed by atoms with E-state index in [9.17, 15) is 0 Å². The molecule has 5 rings (SSSR count). The van der Waals surface area contributed by atoms with Crippen LogP contribution >= 0.6 is 11.6 Å². The third kappa shape index (κ3) is 5.97. The van der Waals surface area contributed by atoms with E-state index in [4.69, 9.17) is 22.1 Å². The minimum atomic E-state index is 0.718. The molecular formula is C28H22ClN3O. The highest BCUT2D eigenvalue weighted by atomic mass is 35.5. The van der Waals surface area contributed by atoms with Crippen LogP contribution in [0.4, 0.5) is 5.69 Å². The maximum Gasteiger partial charge on any atom is 0.138 e. The lowest BCUT2D eigenvalue weighted by Crippen LogP contribution is -1.90. The number of halogens is 1. The summed E-state index contributed by atoms with van der Waals surface area (Å²) < 4.78 is 5.92. The summed E-state index contributed by atoms with van der Waals surface area (Å²) in [6.45, 7) is 0. The van der Waals surface area contributed by atoms with Crippen LogP contribution in [0.1, 0.15) is 0 Å². The molecule has 5 heteroatoms. The first-order valence-electron chi connectivity index (χ1n) is 10.4. The molecule has 2 N–H and O–H groups in total. The van der Waals surface area contributed by atoms with Gasteiger partial charge in [0.05, 0.1) is 5.02 Å². The molecular weight excluding hydrogens is 430 g/mol. The fourth-order valence-electron chi connectivity index (χ4n) is 3.18. The van der Waals surface area contributed by atoms with Crippen LogP contribution in [0.5, 0.6) is 11.5 Å². The van der Waals surface area contributed by atoms with Gasteiger partial charge in [0.2, 0.25) is 0 Å². The summed E-state index contributed by atoms with van der Waals surface area (Å²) in [6, 6.07) is 31.0. The quantitative estimate of drug-likeness (QED) is 0.287. The van der Waals surface area contributed by atoms with E-state index in [1.807, 2.05) is 97.2 Å². The Morgan fingerprint density at radius 3 is 1.76 bits per heavy atom. The van der Waals surface area contributed by atoms with E-state index >= 15 is 0 Å². The molecule has 0 fully saturated rings. The monoisotopic (exact) mass is 451 g/mol. The van der Waals surface area contributed by atoms with Gasteiger partial charge < -0.3 is 10.5 Å². The highest BCUT2D eigenvalue weighted by Gasteiger charge is 2.07. The highest BCUT2D eigenvalue weighted by Crippen LogP contribution is 2.32. The lowest BCUT2D eigenvalue weighted by molar-refractivity contribution is 0.484. The molecule has 0 spiro atoms. The minimum Gasteiger partial charge on any atom is -0.457 e. The molecule has 4 nitrogen and oxygen atoms in total. The van der Waals surface area contributed by atoms with Gasteiger partial charge in [-0.3, -0.25) is 9.97 Å². The summed E-state index contributed by atoms with van der Waals surface area (Å²) in [5.41, 5.74) is 10.5. The van der Waals surface area contributed by atoms with Crippen molar-refractivity contribution in [3.63, 3.8) is 0 Å². The van der Waals surface area contributed by atoms with E-state index in [0.29, 0.717) is 0 Å². The SMILES string of the molecule is Clc1ccncc1-c1ccccc1.Nc1ccc(Oc2ccncc2-c2ccccc2)cc1. The molecule has 2 heterocycles. The van der Waals surface area contributed by atoms with Crippen molar-refractivity contribution >= 4 is 17.3 Å². The summed E-state index contributed by atoms with van der Waals surface area (Å²) in [7, 11) is 0. The summed E-state index contributed by atoms with van der Waals surface area (Å²) in [4.78, 5) is 8.21. The first-order chi connectivity index (χ1) is 16.2. The smallest absolute Gasteiger partial charge is 0.138 e. The number of nitrogens with two attached hydrogens (primary N) is 1. The van der Waals surface area contributed by atoms with Crippen molar-refractivity contribution in [2.75, 3.05) is 5.73 Å². The zero-order valence-electron chi connectivity index (χ0n) is 17.8. The second-order valence-corrected chi connectivity index (χ2v) is 7.54. The van der Waals surface area contributed by atoms with Crippen molar-refractivity contribution in [1.29, 1.82) is 0 Å². The fraction of sp³-hybridized carbons (Fsp3) is 0. The molecule has 0 radical (unpaired) electrons. The molecule has 3 aromatic carbocycles. The number of hydrogen-bond acceptors (Lipinski definition) is 4. The average molecular weight is 452 g/mol. The maximum atomic E-state index is 6.02. The molecule has 0 aliphatic carbocycles. The summed E-state index contributed by atoms with van der Waals surface area (Å²) >= 11 is 6.02. The van der Waals surface area contributed by atoms with Gasteiger partial charge in [0.15, 0.2) is 0 Å². The second kappa shape index (κ2) is 10.9. The summed E-state index contributed by atoms with van der Waals surface area (Å²) in [5, 5.41) is 0.737. The van der Waals surface area contributed by atoms with Gasteiger partial charge in [-0.1, -0.05) is 72.3 Å². The number of nitrogen functional groups attached to an aromatic ring is 1. The molecule has 0 amide bonds. The van der Waals surface area contributed by atoms with Crippen molar-refractivity contribution < 1.29 is 4.74 Å². The average Bonchev–Trinajstić information content (AvgIpc) is 2.88. The maximum absolute atomic E-state index is 6.02. The van der Waals surface area contributed by atoms with Gasteiger partial charge >= 0.3 is 0 Å². The third-order valence-corrected chi connectivity index (χ3v) is 5.16. The number of anilines is 1. The third-order valence-electron chi connectivity index (χ3n) is 4.83. The van der Waals surface area contributed by atoms with Crippen LogP contribution in [0.25, 0.3) is 22.3 Å². The summed E-state index contributed by atoms with van der Waals surface area (Å²) in [6.07, 6.45) is 6.99. The van der Waals surface area contributed by atoms with Gasteiger partial charge in [0.25, 0.3) is 0 Å².